The van der Waals surface area contributed by atoms with E-state index in [1.165, 1.54) is 0 Å². The van der Waals surface area contributed by atoms with Crippen LogP contribution in [0.3, 0.4) is 0 Å². The minimum absolute atomic E-state index is 0.200. The van der Waals surface area contributed by atoms with Gasteiger partial charge < -0.3 is 19.8 Å². The van der Waals surface area contributed by atoms with Crippen LogP contribution in [0.2, 0.25) is 0 Å². The highest BCUT2D eigenvalue weighted by atomic mass is 31.2. The Hall–Kier alpha value is -5.01. The zero-order valence-electron chi connectivity index (χ0n) is 22.8. The van der Waals surface area contributed by atoms with Crippen molar-refractivity contribution in [2.24, 2.45) is 0 Å². The third kappa shape index (κ3) is 6.12. The van der Waals surface area contributed by atoms with E-state index in [2.05, 4.69) is 10.6 Å². The fraction of sp³-hybridized carbons (Fsp3) is 0.0588. The van der Waals surface area contributed by atoms with E-state index in [1.807, 2.05) is 78.9 Å². The van der Waals surface area contributed by atoms with Gasteiger partial charge in [-0.3, -0.25) is 14.7 Å². The zero-order chi connectivity index (χ0) is 30.0. The summed E-state index contributed by atoms with van der Waals surface area (Å²) in [5.74, 6) is -0.873. The standard InChI is InChI=1S/C34H27N2O6P/c37-33(32(43(39,40)41)30-15-7-13-23-9-5-6-14-29(23)30)36-31-20-26-12-4-3-10-24(26)18-27(31)21-42-34(38)35-28-17-16-22-8-1-2-11-25(22)19-28/h1-20,32H,21H2,(H,35,38)(H,36,37)(H2,39,40,41). The lowest BCUT2D eigenvalue weighted by Crippen LogP contribution is -2.23. The molecule has 0 heterocycles. The van der Waals surface area contributed by atoms with Gasteiger partial charge in [0.1, 0.15) is 6.61 Å². The molecular formula is C34H27N2O6P. The molecule has 0 aromatic heterocycles. The van der Waals surface area contributed by atoms with Crippen molar-refractivity contribution in [3.63, 3.8) is 0 Å². The minimum atomic E-state index is -4.95. The fourth-order valence-electron chi connectivity index (χ4n) is 5.25. The summed E-state index contributed by atoms with van der Waals surface area (Å²) < 4.78 is 18.3. The highest BCUT2D eigenvalue weighted by molar-refractivity contribution is 7.53. The van der Waals surface area contributed by atoms with Crippen LogP contribution in [-0.4, -0.2) is 21.8 Å². The average molecular weight is 591 g/mol. The van der Waals surface area contributed by atoms with Gasteiger partial charge in [0.2, 0.25) is 5.91 Å². The van der Waals surface area contributed by atoms with E-state index >= 15 is 0 Å². The molecule has 0 radical (unpaired) electrons. The molecule has 0 spiro atoms. The predicted molar refractivity (Wildman–Crippen MR) is 169 cm³/mol. The van der Waals surface area contributed by atoms with E-state index in [1.54, 1.807) is 42.5 Å². The van der Waals surface area contributed by atoms with Crippen LogP contribution in [-0.2, 0) is 20.7 Å². The summed E-state index contributed by atoms with van der Waals surface area (Å²) in [7, 11) is -4.95. The van der Waals surface area contributed by atoms with Gasteiger partial charge in [-0.05, 0) is 62.1 Å². The second-order valence-electron chi connectivity index (χ2n) is 10.2. The van der Waals surface area contributed by atoms with Crippen LogP contribution in [0.25, 0.3) is 32.3 Å². The third-order valence-corrected chi connectivity index (χ3v) is 8.47. The number of benzene rings is 6. The number of rotatable bonds is 7. The van der Waals surface area contributed by atoms with E-state index in [0.29, 0.717) is 16.6 Å². The molecule has 0 aliphatic rings. The number of anilines is 2. The topological polar surface area (TPSA) is 125 Å². The lowest BCUT2D eigenvalue weighted by molar-refractivity contribution is -0.116. The summed E-state index contributed by atoms with van der Waals surface area (Å²) in [5.41, 5.74) is -0.230. The van der Waals surface area contributed by atoms with Crippen LogP contribution in [0.15, 0.2) is 121 Å². The summed E-state index contributed by atoms with van der Waals surface area (Å²) in [6.45, 7) is -0.200. The van der Waals surface area contributed by atoms with Crippen molar-refractivity contribution >= 4 is 63.3 Å². The van der Waals surface area contributed by atoms with E-state index in [9.17, 15) is 23.9 Å². The minimum Gasteiger partial charge on any atom is -0.444 e. The Morgan fingerprint density at radius 2 is 1.28 bits per heavy atom. The lowest BCUT2D eigenvalue weighted by Gasteiger charge is -2.21. The molecule has 214 valence electrons. The maximum absolute atomic E-state index is 13.7. The number of carbonyl (C=O) groups excluding carboxylic acids is 2. The Kier molecular flexibility index (Phi) is 7.65. The Bertz CT molecular complexity index is 2050. The number of nitrogens with one attached hydrogen (secondary N) is 2. The Labute approximate surface area is 247 Å². The first-order valence-corrected chi connectivity index (χ1v) is 15.2. The van der Waals surface area contributed by atoms with Gasteiger partial charge in [-0.2, -0.15) is 0 Å². The van der Waals surface area contributed by atoms with Gasteiger partial charge in [0.15, 0.2) is 5.66 Å². The number of fused-ring (bicyclic) bond motifs is 3. The molecule has 9 heteroatoms. The molecule has 0 aliphatic heterocycles. The van der Waals surface area contributed by atoms with Gasteiger partial charge in [0.05, 0.1) is 0 Å². The molecule has 1 atom stereocenters. The number of ether oxygens (including phenoxy) is 1. The molecule has 4 N–H and O–H groups in total. The van der Waals surface area contributed by atoms with Crippen molar-refractivity contribution in [3.05, 3.63) is 132 Å². The van der Waals surface area contributed by atoms with Crippen molar-refractivity contribution in [2.75, 3.05) is 10.6 Å². The van der Waals surface area contributed by atoms with Crippen molar-refractivity contribution in [3.8, 4) is 0 Å². The third-order valence-electron chi connectivity index (χ3n) is 7.29. The summed E-state index contributed by atoms with van der Waals surface area (Å²) in [4.78, 5) is 47.1. The second-order valence-corrected chi connectivity index (χ2v) is 11.9. The predicted octanol–water partition coefficient (Wildman–Crippen LogP) is 7.75. The van der Waals surface area contributed by atoms with Crippen LogP contribution in [0.4, 0.5) is 16.2 Å². The molecule has 8 nitrogen and oxygen atoms in total. The molecular weight excluding hydrogens is 563 g/mol. The highest BCUT2D eigenvalue weighted by Gasteiger charge is 2.38. The van der Waals surface area contributed by atoms with Crippen molar-refractivity contribution in [2.45, 2.75) is 12.3 Å². The summed E-state index contributed by atoms with van der Waals surface area (Å²) in [6.07, 6.45) is -0.690. The first-order valence-electron chi connectivity index (χ1n) is 13.5. The van der Waals surface area contributed by atoms with Crippen molar-refractivity contribution < 1.29 is 28.7 Å². The number of carbonyl (C=O) groups is 2. The van der Waals surface area contributed by atoms with Crippen LogP contribution in [0, 0.1) is 0 Å². The Morgan fingerprint density at radius 1 is 0.674 bits per heavy atom. The van der Waals surface area contributed by atoms with Crippen LogP contribution in [0.5, 0.6) is 0 Å². The van der Waals surface area contributed by atoms with Gasteiger partial charge in [-0.25, -0.2) is 4.79 Å². The maximum atomic E-state index is 13.7. The van der Waals surface area contributed by atoms with Gasteiger partial charge in [-0.1, -0.05) is 97.1 Å². The van der Waals surface area contributed by atoms with E-state index < -0.39 is 25.3 Å². The smallest absolute Gasteiger partial charge is 0.411 e. The summed E-state index contributed by atoms with van der Waals surface area (Å²) >= 11 is 0. The van der Waals surface area contributed by atoms with E-state index in [0.717, 1.165) is 26.9 Å². The van der Waals surface area contributed by atoms with Gasteiger partial charge in [0, 0.05) is 16.9 Å². The SMILES string of the molecule is O=C(Nc1ccc2ccccc2c1)OCc1cc2ccccc2cc1NC(=O)C(c1cccc2ccccc12)P(=O)(O)O. The zero-order valence-corrected chi connectivity index (χ0v) is 23.7. The molecule has 6 aromatic carbocycles. The monoisotopic (exact) mass is 590 g/mol. The molecule has 6 rings (SSSR count). The van der Waals surface area contributed by atoms with Gasteiger partial charge >= 0.3 is 13.7 Å². The summed E-state index contributed by atoms with van der Waals surface area (Å²) in [5, 5.41) is 10.4. The van der Waals surface area contributed by atoms with E-state index in [-0.39, 0.29) is 17.9 Å². The van der Waals surface area contributed by atoms with Gasteiger partial charge in [-0.15, -0.1) is 0 Å². The van der Waals surface area contributed by atoms with Crippen LogP contribution >= 0.6 is 7.60 Å². The molecule has 0 aliphatic carbocycles. The van der Waals surface area contributed by atoms with Gasteiger partial charge in [0.25, 0.3) is 0 Å². The van der Waals surface area contributed by atoms with Crippen LogP contribution < -0.4 is 10.6 Å². The first-order chi connectivity index (χ1) is 20.8. The maximum Gasteiger partial charge on any atom is 0.411 e. The molecule has 6 aromatic rings. The molecule has 2 amide bonds. The fourth-order valence-corrected chi connectivity index (χ4v) is 6.21. The Balaban J connectivity index is 1.28. The first kappa shape index (κ1) is 28.1. The number of amides is 2. The second kappa shape index (κ2) is 11.7. The highest BCUT2D eigenvalue weighted by Crippen LogP contribution is 2.53. The molecule has 43 heavy (non-hydrogen) atoms. The molecule has 0 saturated heterocycles. The normalized spacial score (nSPS) is 12.2. The quantitative estimate of drug-likeness (QED) is 0.141. The van der Waals surface area contributed by atoms with Crippen molar-refractivity contribution in [1.29, 1.82) is 0 Å². The summed E-state index contributed by atoms with van der Waals surface area (Å²) in [6, 6.07) is 36.3. The van der Waals surface area contributed by atoms with E-state index in [4.69, 9.17) is 4.74 Å². The molecule has 0 saturated carbocycles. The van der Waals surface area contributed by atoms with Crippen LogP contribution in [0.1, 0.15) is 16.8 Å². The molecule has 1 unspecified atom stereocenters. The largest absolute Gasteiger partial charge is 0.444 e. The molecule has 0 fully saturated rings. The van der Waals surface area contributed by atoms with Crippen molar-refractivity contribution in [1.82, 2.24) is 0 Å². The number of hydrogen-bond acceptors (Lipinski definition) is 4. The Morgan fingerprint density at radius 3 is 2.00 bits per heavy atom. The molecule has 0 bridgehead atoms. The average Bonchev–Trinajstić information content (AvgIpc) is 2.99. The lowest BCUT2D eigenvalue weighted by atomic mass is 10.0. The number of hydrogen-bond donors (Lipinski definition) is 4.